The van der Waals surface area contributed by atoms with Crippen molar-refractivity contribution in [2.75, 3.05) is 6.54 Å². The van der Waals surface area contributed by atoms with Crippen LogP contribution in [0.5, 0.6) is 0 Å². The molecule has 72 valence electrons. The van der Waals surface area contributed by atoms with Crippen molar-refractivity contribution in [1.29, 1.82) is 0 Å². The van der Waals surface area contributed by atoms with E-state index in [4.69, 9.17) is 11.8 Å². The Balaban J connectivity index is 2.76. The molecule has 0 unspecified atom stereocenters. The Hall–Kier alpha value is 0.0400. The number of hydrogen-bond donors (Lipinski definition) is 0. The van der Waals surface area contributed by atoms with E-state index in [0.29, 0.717) is 6.42 Å². The predicted octanol–water partition coefficient (Wildman–Crippen LogP) is 2.95. The van der Waals surface area contributed by atoms with Gasteiger partial charge in [0.05, 0.1) is 0 Å². The Morgan fingerprint density at radius 3 is 2.00 bits per heavy atom. The smallest absolute Gasteiger partial charge is 0.205 e. The molecule has 0 amide bonds. The zero-order valence-electron chi connectivity index (χ0n) is 6.79. The van der Waals surface area contributed by atoms with Crippen LogP contribution in [0.2, 0.25) is 0 Å². The lowest BCUT2D eigenvalue weighted by molar-refractivity contribution is -0.241. The Labute approximate surface area is 74.6 Å². The van der Waals surface area contributed by atoms with Crippen molar-refractivity contribution < 1.29 is 13.2 Å². The molecule has 1 aliphatic carbocycles. The van der Waals surface area contributed by atoms with Gasteiger partial charge in [0, 0.05) is 6.54 Å². The molecule has 1 aliphatic rings. The summed E-state index contributed by atoms with van der Waals surface area (Å²) in [5.41, 5.74) is -1.73. The topological polar surface area (TPSA) is 3.24 Å². The molecule has 0 saturated heterocycles. The molecule has 1 nitrogen and oxygen atoms in total. The van der Waals surface area contributed by atoms with Crippen LogP contribution >= 0.6 is 11.8 Å². The van der Waals surface area contributed by atoms with Gasteiger partial charge in [0.2, 0.25) is 0 Å². The lowest BCUT2D eigenvalue weighted by Crippen LogP contribution is -2.59. The average molecular weight is 202 g/mol. The van der Waals surface area contributed by atoms with Crippen molar-refractivity contribution in [3.05, 3.63) is 0 Å². The monoisotopic (exact) mass is 201 g/mol. The third-order valence-corrected chi connectivity index (χ3v) is 3.01. The molecular formula is C7H11ClF3N. The summed E-state index contributed by atoms with van der Waals surface area (Å²) in [5.74, 6) is 0. The summed E-state index contributed by atoms with van der Waals surface area (Å²) < 4.78 is 38.3. The van der Waals surface area contributed by atoms with E-state index >= 15 is 0 Å². The molecule has 0 atom stereocenters. The van der Waals surface area contributed by atoms with Crippen LogP contribution in [0.4, 0.5) is 13.2 Å². The first-order valence-electron chi connectivity index (χ1n) is 3.94. The maximum Gasteiger partial charge on any atom is 0.408 e. The minimum atomic E-state index is -4.19. The molecule has 0 aromatic rings. The summed E-state index contributed by atoms with van der Waals surface area (Å²) in [7, 11) is 0. The van der Waals surface area contributed by atoms with Crippen LogP contribution in [-0.2, 0) is 0 Å². The van der Waals surface area contributed by atoms with Gasteiger partial charge in [-0.2, -0.15) is 13.2 Å². The molecular weight excluding hydrogens is 191 g/mol. The van der Waals surface area contributed by atoms with Crippen LogP contribution in [0.15, 0.2) is 0 Å². The fourth-order valence-electron chi connectivity index (χ4n) is 1.48. The molecule has 1 rings (SSSR count). The second-order valence-electron chi connectivity index (χ2n) is 3.06. The highest BCUT2D eigenvalue weighted by atomic mass is 35.5. The SMILES string of the molecule is CCN(Cl)C1(C(F)(F)F)CCC1. The van der Waals surface area contributed by atoms with Crippen LogP contribution in [0, 0.1) is 0 Å². The molecule has 0 spiro atoms. The standard InChI is InChI=1S/C7H11ClF3N/c1-2-12(8)6(4-3-5-6)7(9,10)11/h2-5H2,1H3. The number of nitrogens with zero attached hydrogens (tertiary/aromatic N) is 1. The van der Waals surface area contributed by atoms with E-state index in [2.05, 4.69) is 0 Å². The fraction of sp³-hybridized carbons (Fsp3) is 1.00. The summed E-state index contributed by atoms with van der Waals surface area (Å²) in [6, 6.07) is 0. The summed E-state index contributed by atoms with van der Waals surface area (Å²) in [6.07, 6.45) is -3.31. The highest BCUT2D eigenvalue weighted by Gasteiger charge is 2.61. The lowest BCUT2D eigenvalue weighted by Gasteiger charge is -2.47. The summed E-state index contributed by atoms with van der Waals surface area (Å²) in [6.45, 7) is 1.85. The van der Waals surface area contributed by atoms with Gasteiger partial charge in [-0.05, 0) is 31.0 Å². The van der Waals surface area contributed by atoms with E-state index in [9.17, 15) is 13.2 Å². The van der Waals surface area contributed by atoms with Gasteiger partial charge in [0.15, 0.2) is 0 Å². The molecule has 0 heterocycles. The summed E-state index contributed by atoms with van der Waals surface area (Å²) in [4.78, 5) is 0. The van der Waals surface area contributed by atoms with Crippen molar-refractivity contribution in [2.24, 2.45) is 0 Å². The summed E-state index contributed by atoms with van der Waals surface area (Å²) in [5, 5.41) is 0. The zero-order valence-corrected chi connectivity index (χ0v) is 7.54. The van der Waals surface area contributed by atoms with Crippen molar-refractivity contribution in [2.45, 2.75) is 37.9 Å². The molecule has 5 heteroatoms. The van der Waals surface area contributed by atoms with Gasteiger partial charge >= 0.3 is 6.18 Å². The van der Waals surface area contributed by atoms with E-state index in [1.165, 1.54) is 0 Å². The fourth-order valence-corrected chi connectivity index (χ4v) is 1.74. The van der Waals surface area contributed by atoms with Crippen molar-refractivity contribution in [3.8, 4) is 0 Å². The van der Waals surface area contributed by atoms with Gasteiger partial charge in [-0.25, -0.2) is 4.42 Å². The Kier molecular flexibility index (Phi) is 2.59. The van der Waals surface area contributed by atoms with Crippen LogP contribution in [0.1, 0.15) is 26.2 Å². The van der Waals surface area contributed by atoms with Crippen LogP contribution < -0.4 is 0 Å². The number of rotatable bonds is 2. The molecule has 0 bridgehead atoms. The average Bonchev–Trinajstić information content (AvgIpc) is 1.81. The second-order valence-corrected chi connectivity index (χ2v) is 3.47. The third kappa shape index (κ3) is 1.31. The molecule has 1 fully saturated rings. The van der Waals surface area contributed by atoms with E-state index in [0.717, 1.165) is 4.42 Å². The van der Waals surface area contributed by atoms with Gasteiger partial charge in [-0.3, -0.25) is 0 Å². The number of halogens is 4. The highest BCUT2D eigenvalue weighted by molar-refractivity contribution is 6.14. The molecule has 0 aromatic heterocycles. The number of hydrogen-bond acceptors (Lipinski definition) is 1. The lowest BCUT2D eigenvalue weighted by atomic mass is 9.76. The first-order valence-corrected chi connectivity index (χ1v) is 4.28. The molecule has 1 saturated carbocycles. The van der Waals surface area contributed by atoms with Crippen molar-refractivity contribution >= 4 is 11.8 Å². The Bertz CT molecular complexity index is 165. The molecule has 0 radical (unpaired) electrons. The van der Waals surface area contributed by atoms with E-state index in [-0.39, 0.29) is 19.4 Å². The second kappa shape index (κ2) is 3.07. The maximum absolute atomic E-state index is 12.5. The molecule has 0 aromatic carbocycles. The van der Waals surface area contributed by atoms with Crippen LogP contribution in [0.3, 0.4) is 0 Å². The van der Waals surface area contributed by atoms with Crippen molar-refractivity contribution in [1.82, 2.24) is 4.42 Å². The Morgan fingerprint density at radius 2 is 1.92 bits per heavy atom. The molecule has 0 aliphatic heterocycles. The van der Waals surface area contributed by atoms with E-state index in [1.54, 1.807) is 6.92 Å². The zero-order chi connectivity index (χ0) is 9.41. The predicted molar refractivity (Wildman–Crippen MR) is 40.9 cm³/mol. The maximum atomic E-state index is 12.5. The Morgan fingerprint density at radius 1 is 1.42 bits per heavy atom. The molecule has 12 heavy (non-hydrogen) atoms. The minimum Gasteiger partial charge on any atom is -0.205 e. The van der Waals surface area contributed by atoms with Crippen LogP contribution in [0.25, 0.3) is 0 Å². The largest absolute Gasteiger partial charge is 0.408 e. The van der Waals surface area contributed by atoms with E-state index in [1.807, 2.05) is 0 Å². The van der Waals surface area contributed by atoms with Crippen LogP contribution in [-0.4, -0.2) is 22.7 Å². The van der Waals surface area contributed by atoms with Gasteiger partial charge in [-0.1, -0.05) is 6.92 Å². The first kappa shape index (κ1) is 10.1. The first-order chi connectivity index (χ1) is 5.44. The molecule has 0 N–H and O–H groups in total. The normalized spacial score (nSPS) is 22.5. The summed E-state index contributed by atoms with van der Waals surface area (Å²) >= 11 is 5.52. The number of alkyl halides is 3. The third-order valence-electron chi connectivity index (χ3n) is 2.45. The minimum absolute atomic E-state index is 0.133. The van der Waals surface area contributed by atoms with Gasteiger partial charge in [0.1, 0.15) is 5.54 Å². The van der Waals surface area contributed by atoms with Gasteiger partial charge < -0.3 is 0 Å². The highest BCUT2D eigenvalue weighted by Crippen LogP contribution is 2.50. The quantitative estimate of drug-likeness (QED) is 0.621. The van der Waals surface area contributed by atoms with Gasteiger partial charge in [0.25, 0.3) is 0 Å². The van der Waals surface area contributed by atoms with Crippen molar-refractivity contribution in [3.63, 3.8) is 0 Å². The van der Waals surface area contributed by atoms with Gasteiger partial charge in [-0.15, -0.1) is 0 Å². The van der Waals surface area contributed by atoms with E-state index < -0.39 is 11.7 Å².